The summed E-state index contributed by atoms with van der Waals surface area (Å²) >= 11 is 0. The van der Waals surface area contributed by atoms with E-state index in [0.29, 0.717) is 25.1 Å². The molecule has 0 spiro atoms. The maximum Gasteiger partial charge on any atom is 0.252 e. The third-order valence-corrected chi connectivity index (χ3v) is 4.15. The van der Waals surface area contributed by atoms with Gasteiger partial charge in [0.25, 0.3) is 5.91 Å². The van der Waals surface area contributed by atoms with Gasteiger partial charge in [0.15, 0.2) is 0 Å². The Labute approximate surface area is 131 Å². The summed E-state index contributed by atoms with van der Waals surface area (Å²) in [4.78, 5) is 12.5. The normalized spacial score (nSPS) is 16.9. The van der Waals surface area contributed by atoms with Crippen molar-refractivity contribution >= 4 is 5.91 Å². The zero-order chi connectivity index (χ0) is 16.0. The van der Waals surface area contributed by atoms with Crippen LogP contribution in [0.3, 0.4) is 0 Å². The molecule has 1 amide bonds. The minimum atomic E-state index is -0.731. The predicted molar refractivity (Wildman–Crippen MR) is 83.2 cm³/mol. The van der Waals surface area contributed by atoms with Crippen molar-refractivity contribution < 1.29 is 19.0 Å². The summed E-state index contributed by atoms with van der Waals surface area (Å²) in [5.41, 5.74) is 0.169. The van der Waals surface area contributed by atoms with E-state index in [1.54, 1.807) is 27.4 Å². The van der Waals surface area contributed by atoms with Gasteiger partial charge in [-0.25, -0.2) is 0 Å². The van der Waals surface area contributed by atoms with Crippen LogP contribution in [0.25, 0.3) is 0 Å². The highest BCUT2D eigenvalue weighted by molar-refractivity contribution is 5.85. The van der Waals surface area contributed by atoms with Crippen molar-refractivity contribution in [3.63, 3.8) is 0 Å². The SMILES string of the molecule is COc1ccc(CNC(=O)C2(OC)CCNCC2)c(OC)c1. The Kier molecular flexibility index (Phi) is 5.63. The molecular weight excluding hydrogens is 284 g/mol. The van der Waals surface area contributed by atoms with E-state index >= 15 is 0 Å². The van der Waals surface area contributed by atoms with E-state index in [1.165, 1.54) is 0 Å². The lowest BCUT2D eigenvalue weighted by atomic mass is 9.91. The average Bonchev–Trinajstić information content (AvgIpc) is 2.59. The third kappa shape index (κ3) is 3.51. The van der Waals surface area contributed by atoms with Gasteiger partial charge in [0.2, 0.25) is 0 Å². The molecule has 0 bridgehead atoms. The number of hydrogen-bond acceptors (Lipinski definition) is 5. The van der Waals surface area contributed by atoms with Gasteiger partial charge < -0.3 is 24.8 Å². The van der Waals surface area contributed by atoms with E-state index < -0.39 is 5.60 Å². The summed E-state index contributed by atoms with van der Waals surface area (Å²) < 4.78 is 16.0. The van der Waals surface area contributed by atoms with E-state index in [2.05, 4.69) is 10.6 Å². The third-order valence-electron chi connectivity index (χ3n) is 4.15. The van der Waals surface area contributed by atoms with Gasteiger partial charge in [-0.05, 0) is 38.1 Å². The number of carbonyl (C=O) groups is 1. The van der Waals surface area contributed by atoms with E-state index in [0.717, 1.165) is 24.4 Å². The van der Waals surface area contributed by atoms with Crippen LogP contribution in [-0.2, 0) is 16.1 Å². The van der Waals surface area contributed by atoms with Crippen LogP contribution < -0.4 is 20.1 Å². The highest BCUT2D eigenvalue weighted by Gasteiger charge is 2.39. The van der Waals surface area contributed by atoms with Crippen LogP contribution in [0, 0.1) is 0 Å². The zero-order valence-corrected chi connectivity index (χ0v) is 13.4. The predicted octanol–water partition coefficient (Wildman–Crippen LogP) is 1.09. The largest absolute Gasteiger partial charge is 0.497 e. The maximum atomic E-state index is 12.5. The lowest BCUT2D eigenvalue weighted by Gasteiger charge is -2.34. The van der Waals surface area contributed by atoms with Crippen LogP contribution in [0.4, 0.5) is 0 Å². The monoisotopic (exact) mass is 308 g/mol. The quantitative estimate of drug-likeness (QED) is 0.823. The van der Waals surface area contributed by atoms with Crippen LogP contribution in [0.2, 0.25) is 0 Å². The molecule has 6 nitrogen and oxygen atoms in total. The van der Waals surface area contributed by atoms with Crippen molar-refractivity contribution in [2.75, 3.05) is 34.4 Å². The first kappa shape index (κ1) is 16.6. The number of rotatable bonds is 6. The van der Waals surface area contributed by atoms with Gasteiger partial charge in [0, 0.05) is 25.3 Å². The molecule has 1 saturated heterocycles. The molecule has 1 heterocycles. The summed E-state index contributed by atoms with van der Waals surface area (Å²) in [5, 5.41) is 6.20. The van der Waals surface area contributed by atoms with Crippen molar-refractivity contribution in [3.05, 3.63) is 23.8 Å². The van der Waals surface area contributed by atoms with Gasteiger partial charge in [0.1, 0.15) is 17.1 Å². The molecule has 22 heavy (non-hydrogen) atoms. The fraction of sp³-hybridized carbons (Fsp3) is 0.562. The number of piperidine rings is 1. The standard InChI is InChI=1S/C16H24N2O4/c1-20-13-5-4-12(14(10-13)21-2)11-18-15(19)16(22-3)6-8-17-9-7-16/h4-5,10,17H,6-9,11H2,1-3H3,(H,18,19). The molecule has 122 valence electrons. The minimum absolute atomic E-state index is 0.0747. The van der Waals surface area contributed by atoms with E-state index in [1.807, 2.05) is 12.1 Å². The van der Waals surface area contributed by atoms with Crippen molar-refractivity contribution in [3.8, 4) is 11.5 Å². The van der Waals surface area contributed by atoms with Crippen molar-refractivity contribution in [2.45, 2.75) is 25.0 Å². The number of ether oxygens (including phenoxy) is 3. The number of benzene rings is 1. The van der Waals surface area contributed by atoms with E-state index in [4.69, 9.17) is 14.2 Å². The molecule has 2 N–H and O–H groups in total. The Morgan fingerprint density at radius 2 is 1.95 bits per heavy atom. The van der Waals surface area contributed by atoms with Crippen molar-refractivity contribution in [1.82, 2.24) is 10.6 Å². The molecule has 1 aromatic rings. The van der Waals surface area contributed by atoms with Crippen LogP contribution in [-0.4, -0.2) is 45.9 Å². The molecule has 1 fully saturated rings. The van der Waals surface area contributed by atoms with Crippen LogP contribution in [0.5, 0.6) is 11.5 Å². The second kappa shape index (κ2) is 7.47. The molecule has 0 aromatic heterocycles. The van der Waals surface area contributed by atoms with Crippen LogP contribution in [0.15, 0.2) is 18.2 Å². The first-order valence-electron chi connectivity index (χ1n) is 7.40. The average molecular weight is 308 g/mol. The fourth-order valence-corrected chi connectivity index (χ4v) is 2.69. The molecule has 1 aromatic carbocycles. The topological polar surface area (TPSA) is 68.8 Å². The van der Waals surface area contributed by atoms with Crippen molar-refractivity contribution in [2.24, 2.45) is 0 Å². The molecule has 1 aliphatic rings. The molecule has 0 radical (unpaired) electrons. The van der Waals surface area contributed by atoms with Crippen LogP contribution in [0.1, 0.15) is 18.4 Å². The Morgan fingerprint density at radius 3 is 2.55 bits per heavy atom. The number of hydrogen-bond donors (Lipinski definition) is 2. The van der Waals surface area contributed by atoms with Gasteiger partial charge in [-0.1, -0.05) is 0 Å². The van der Waals surface area contributed by atoms with Gasteiger partial charge in [-0.2, -0.15) is 0 Å². The Balaban J connectivity index is 2.04. The van der Waals surface area contributed by atoms with Crippen molar-refractivity contribution in [1.29, 1.82) is 0 Å². The van der Waals surface area contributed by atoms with E-state index in [-0.39, 0.29) is 5.91 Å². The molecule has 0 aliphatic carbocycles. The summed E-state index contributed by atoms with van der Waals surface area (Å²) in [5.74, 6) is 1.34. The van der Waals surface area contributed by atoms with Gasteiger partial charge in [0.05, 0.1) is 14.2 Å². The van der Waals surface area contributed by atoms with Gasteiger partial charge in [-0.15, -0.1) is 0 Å². The molecule has 1 aliphatic heterocycles. The molecule has 0 unspecified atom stereocenters. The number of nitrogens with one attached hydrogen (secondary N) is 2. The minimum Gasteiger partial charge on any atom is -0.497 e. The zero-order valence-electron chi connectivity index (χ0n) is 13.4. The highest BCUT2D eigenvalue weighted by Crippen LogP contribution is 2.26. The van der Waals surface area contributed by atoms with Crippen LogP contribution >= 0.6 is 0 Å². The lowest BCUT2D eigenvalue weighted by molar-refractivity contribution is -0.146. The van der Waals surface area contributed by atoms with E-state index in [9.17, 15) is 4.79 Å². The Bertz CT molecular complexity index is 513. The fourth-order valence-electron chi connectivity index (χ4n) is 2.69. The first-order chi connectivity index (χ1) is 10.6. The highest BCUT2D eigenvalue weighted by atomic mass is 16.5. The summed E-state index contributed by atoms with van der Waals surface area (Å²) in [6.45, 7) is 1.96. The second-order valence-corrected chi connectivity index (χ2v) is 5.31. The molecule has 6 heteroatoms. The Morgan fingerprint density at radius 1 is 1.23 bits per heavy atom. The maximum absolute atomic E-state index is 12.5. The summed E-state index contributed by atoms with van der Waals surface area (Å²) in [6.07, 6.45) is 1.35. The molecular formula is C16H24N2O4. The lowest BCUT2D eigenvalue weighted by Crippen LogP contribution is -2.53. The number of carbonyl (C=O) groups excluding carboxylic acids is 1. The number of amides is 1. The number of methoxy groups -OCH3 is 3. The van der Waals surface area contributed by atoms with Gasteiger partial charge >= 0.3 is 0 Å². The second-order valence-electron chi connectivity index (χ2n) is 5.31. The molecule has 0 atom stereocenters. The molecule has 2 rings (SSSR count). The smallest absolute Gasteiger partial charge is 0.252 e. The summed E-state index contributed by atoms with van der Waals surface area (Å²) in [7, 11) is 4.80. The summed E-state index contributed by atoms with van der Waals surface area (Å²) in [6, 6.07) is 5.54. The van der Waals surface area contributed by atoms with Gasteiger partial charge in [-0.3, -0.25) is 4.79 Å². The first-order valence-corrected chi connectivity index (χ1v) is 7.40. The molecule has 0 saturated carbocycles. The Hall–Kier alpha value is -1.79.